The van der Waals surface area contributed by atoms with Crippen LogP contribution < -0.4 is 10.6 Å². The summed E-state index contributed by atoms with van der Waals surface area (Å²) in [5.41, 5.74) is 4.92. The van der Waals surface area contributed by atoms with E-state index in [1.165, 1.54) is 16.7 Å². The van der Waals surface area contributed by atoms with Crippen molar-refractivity contribution in [2.45, 2.75) is 26.4 Å². The summed E-state index contributed by atoms with van der Waals surface area (Å²) in [6.45, 7) is 9.04. The lowest BCUT2D eigenvalue weighted by molar-refractivity contribution is 0.0342. The highest BCUT2D eigenvalue weighted by atomic mass is 16.5. The van der Waals surface area contributed by atoms with Gasteiger partial charge in [-0.15, -0.1) is 0 Å². The van der Waals surface area contributed by atoms with Gasteiger partial charge in [-0.1, -0.05) is 36.4 Å². The van der Waals surface area contributed by atoms with Gasteiger partial charge in [-0.3, -0.25) is 4.90 Å². The van der Waals surface area contributed by atoms with E-state index in [9.17, 15) is 0 Å². The van der Waals surface area contributed by atoms with Crippen molar-refractivity contribution < 1.29 is 4.74 Å². The van der Waals surface area contributed by atoms with Crippen LogP contribution >= 0.6 is 0 Å². The minimum atomic E-state index is 0.658. The van der Waals surface area contributed by atoms with Crippen molar-refractivity contribution in [1.29, 1.82) is 0 Å². The monoisotopic (exact) mass is 446 g/mol. The second-order valence-electron chi connectivity index (χ2n) is 8.20. The van der Waals surface area contributed by atoms with Gasteiger partial charge in [0.05, 0.1) is 25.4 Å². The molecule has 3 aromatic rings. The smallest absolute Gasteiger partial charge is 0.191 e. The summed E-state index contributed by atoms with van der Waals surface area (Å²) in [5, 5.41) is 11.1. The number of hydrogen-bond donors (Lipinski definition) is 2. The molecule has 2 N–H and O–H groups in total. The normalized spacial score (nSPS) is 14.9. The molecule has 0 saturated carbocycles. The van der Waals surface area contributed by atoms with E-state index >= 15 is 0 Å². The number of nitrogens with one attached hydrogen (secondary N) is 2. The second kappa shape index (κ2) is 12.2. The Bertz CT molecular complexity index is 994. The van der Waals surface area contributed by atoms with Gasteiger partial charge in [0, 0.05) is 45.1 Å². The van der Waals surface area contributed by atoms with Crippen molar-refractivity contribution in [2.24, 2.45) is 4.99 Å². The maximum atomic E-state index is 5.45. The number of aliphatic imine (C=N–C) groups is 1. The molecule has 1 fully saturated rings. The molecular weight excluding hydrogens is 412 g/mol. The Labute approximate surface area is 196 Å². The molecule has 1 saturated heterocycles. The molecule has 0 bridgehead atoms. The van der Waals surface area contributed by atoms with Gasteiger partial charge in [-0.2, -0.15) is 5.10 Å². The standard InChI is InChI=1S/C26H34N6O/c1-2-27-26(28-13-11-22-7-9-25(10-8-22)32-14-4-12-30-32)29-20-23-5-3-6-24(19-23)21-31-15-17-33-18-16-31/h3-10,12,14,19H,2,11,13,15-18,20-21H2,1H3,(H2,27,28,29). The fourth-order valence-electron chi connectivity index (χ4n) is 3.92. The van der Waals surface area contributed by atoms with Crippen molar-refractivity contribution in [2.75, 3.05) is 39.4 Å². The Morgan fingerprint density at radius 2 is 1.82 bits per heavy atom. The number of aromatic nitrogens is 2. The van der Waals surface area contributed by atoms with E-state index in [0.717, 1.165) is 64.0 Å². The Balaban J connectivity index is 1.28. The van der Waals surface area contributed by atoms with Gasteiger partial charge in [0.25, 0.3) is 0 Å². The molecule has 0 spiro atoms. The number of nitrogens with zero attached hydrogens (tertiary/aromatic N) is 4. The fraction of sp³-hybridized carbons (Fsp3) is 0.385. The van der Waals surface area contributed by atoms with E-state index in [-0.39, 0.29) is 0 Å². The molecule has 0 radical (unpaired) electrons. The summed E-state index contributed by atoms with van der Waals surface area (Å²) in [6, 6.07) is 19.2. The van der Waals surface area contributed by atoms with Crippen LogP contribution in [0.5, 0.6) is 0 Å². The molecule has 2 aromatic carbocycles. The van der Waals surface area contributed by atoms with Gasteiger partial charge in [0.2, 0.25) is 0 Å². The minimum absolute atomic E-state index is 0.658. The van der Waals surface area contributed by atoms with Crippen LogP contribution in [0.25, 0.3) is 5.69 Å². The van der Waals surface area contributed by atoms with Crippen LogP contribution in [0.1, 0.15) is 23.6 Å². The summed E-state index contributed by atoms with van der Waals surface area (Å²) < 4.78 is 7.32. The van der Waals surface area contributed by atoms with E-state index in [1.54, 1.807) is 6.20 Å². The first kappa shape index (κ1) is 23.0. The SMILES string of the molecule is CCNC(=NCc1cccc(CN2CCOCC2)c1)NCCc1ccc(-n2cccn2)cc1. The zero-order chi connectivity index (χ0) is 22.7. The first-order valence-corrected chi connectivity index (χ1v) is 11.8. The Morgan fingerprint density at radius 1 is 1.00 bits per heavy atom. The van der Waals surface area contributed by atoms with Gasteiger partial charge < -0.3 is 15.4 Å². The molecular formula is C26H34N6O. The Morgan fingerprint density at radius 3 is 2.58 bits per heavy atom. The van der Waals surface area contributed by atoms with Gasteiger partial charge in [-0.25, -0.2) is 9.67 Å². The summed E-state index contributed by atoms with van der Waals surface area (Å²) in [4.78, 5) is 7.24. The van der Waals surface area contributed by atoms with E-state index in [2.05, 4.69) is 76.1 Å². The maximum absolute atomic E-state index is 5.45. The maximum Gasteiger partial charge on any atom is 0.191 e. The lowest BCUT2D eigenvalue weighted by Gasteiger charge is -2.26. The average Bonchev–Trinajstić information content (AvgIpc) is 3.39. The molecule has 7 nitrogen and oxygen atoms in total. The van der Waals surface area contributed by atoms with Crippen LogP contribution in [0, 0.1) is 0 Å². The van der Waals surface area contributed by atoms with Crippen molar-refractivity contribution in [3.8, 4) is 5.69 Å². The zero-order valence-corrected chi connectivity index (χ0v) is 19.4. The Hall–Kier alpha value is -3.16. The van der Waals surface area contributed by atoms with Crippen molar-refractivity contribution in [1.82, 2.24) is 25.3 Å². The van der Waals surface area contributed by atoms with Crippen molar-refractivity contribution >= 4 is 5.96 Å². The third-order valence-corrected chi connectivity index (χ3v) is 5.68. The quantitative estimate of drug-likeness (QED) is 0.391. The van der Waals surface area contributed by atoms with E-state index in [4.69, 9.17) is 9.73 Å². The molecule has 0 atom stereocenters. The molecule has 0 unspecified atom stereocenters. The lowest BCUT2D eigenvalue weighted by Crippen LogP contribution is -2.38. The van der Waals surface area contributed by atoms with Crippen LogP contribution in [-0.4, -0.2) is 60.0 Å². The molecule has 7 heteroatoms. The third kappa shape index (κ3) is 7.17. The fourth-order valence-corrected chi connectivity index (χ4v) is 3.92. The highest BCUT2D eigenvalue weighted by Gasteiger charge is 2.10. The lowest BCUT2D eigenvalue weighted by atomic mass is 10.1. The highest BCUT2D eigenvalue weighted by molar-refractivity contribution is 5.79. The summed E-state index contributed by atoms with van der Waals surface area (Å²) in [7, 11) is 0. The first-order chi connectivity index (χ1) is 16.3. The first-order valence-electron chi connectivity index (χ1n) is 11.8. The van der Waals surface area contributed by atoms with E-state index in [1.807, 2.05) is 16.9 Å². The van der Waals surface area contributed by atoms with E-state index in [0.29, 0.717) is 6.54 Å². The van der Waals surface area contributed by atoms with Gasteiger partial charge in [-0.05, 0) is 48.2 Å². The Kier molecular flexibility index (Phi) is 8.49. The molecule has 2 heterocycles. The molecule has 0 amide bonds. The summed E-state index contributed by atoms with van der Waals surface area (Å²) >= 11 is 0. The largest absolute Gasteiger partial charge is 0.379 e. The molecule has 174 valence electrons. The number of morpholine rings is 1. The highest BCUT2D eigenvalue weighted by Crippen LogP contribution is 2.11. The van der Waals surface area contributed by atoms with Gasteiger partial charge >= 0.3 is 0 Å². The third-order valence-electron chi connectivity index (χ3n) is 5.68. The molecule has 0 aliphatic carbocycles. The molecule has 4 rings (SSSR count). The predicted octanol–water partition coefficient (Wildman–Crippen LogP) is 3.00. The van der Waals surface area contributed by atoms with Crippen molar-refractivity contribution in [3.05, 3.63) is 83.7 Å². The van der Waals surface area contributed by atoms with Crippen LogP contribution in [0.4, 0.5) is 0 Å². The molecule has 1 aliphatic rings. The summed E-state index contributed by atoms with van der Waals surface area (Å²) in [6.07, 6.45) is 4.67. The average molecular weight is 447 g/mol. The number of benzene rings is 2. The molecule has 33 heavy (non-hydrogen) atoms. The van der Waals surface area contributed by atoms with Crippen LogP contribution in [-0.2, 0) is 24.2 Å². The van der Waals surface area contributed by atoms with Gasteiger partial charge in [0.15, 0.2) is 5.96 Å². The minimum Gasteiger partial charge on any atom is -0.379 e. The second-order valence-corrected chi connectivity index (χ2v) is 8.20. The van der Waals surface area contributed by atoms with Crippen LogP contribution in [0.3, 0.4) is 0 Å². The van der Waals surface area contributed by atoms with Crippen molar-refractivity contribution in [3.63, 3.8) is 0 Å². The predicted molar refractivity (Wildman–Crippen MR) is 133 cm³/mol. The number of guanidine groups is 1. The number of hydrogen-bond acceptors (Lipinski definition) is 4. The summed E-state index contributed by atoms with van der Waals surface area (Å²) in [5.74, 6) is 0.851. The topological polar surface area (TPSA) is 66.7 Å². The van der Waals surface area contributed by atoms with E-state index < -0.39 is 0 Å². The van der Waals surface area contributed by atoms with Gasteiger partial charge in [0.1, 0.15) is 0 Å². The molecule has 1 aromatic heterocycles. The van der Waals surface area contributed by atoms with Crippen LogP contribution in [0.2, 0.25) is 0 Å². The zero-order valence-electron chi connectivity index (χ0n) is 19.4. The number of rotatable bonds is 9. The number of ether oxygens (including phenoxy) is 1. The molecule has 1 aliphatic heterocycles. The van der Waals surface area contributed by atoms with Crippen LogP contribution in [0.15, 0.2) is 72.0 Å².